The summed E-state index contributed by atoms with van der Waals surface area (Å²) in [6.07, 6.45) is 2.12. The SMILES string of the molecule is CC(C)(C)C[C@H](N)C(=O)NC1(C#N)CC1.Cl. The Hall–Kier alpha value is -0.790. The fourth-order valence-corrected chi connectivity index (χ4v) is 1.47. The van der Waals surface area contributed by atoms with Crippen LogP contribution in [0.1, 0.15) is 40.0 Å². The summed E-state index contributed by atoms with van der Waals surface area (Å²) in [5, 5.41) is 11.5. The average Bonchev–Trinajstić information content (AvgIpc) is 2.82. The second-order valence-corrected chi connectivity index (χ2v) is 5.55. The first-order valence-electron chi connectivity index (χ1n) is 5.27. The molecule has 0 radical (unpaired) electrons. The lowest BCUT2D eigenvalue weighted by molar-refractivity contribution is -0.123. The number of halogens is 1. The summed E-state index contributed by atoms with van der Waals surface area (Å²) in [7, 11) is 0. The fraction of sp³-hybridized carbons (Fsp3) is 0.818. The van der Waals surface area contributed by atoms with Gasteiger partial charge in [0.05, 0.1) is 12.1 Å². The predicted octanol–water partition coefficient (Wildman–Crippen LogP) is 1.34. The molecule has 16 heavy (non-hydrogen) atoms. The number of carbonyl (C=O) groups excluding carboxylic acids is 1. The molecule has 1 aliphatic carbocycles. The van der Waals surface area contributed by atoms with Crippen LogP contribution in [-0.4, -0.2) is 17.5 Å². The minimum atomic E-state index is -0.605. The molecule has 0 saturated heterocycles. The van der Waals surface area contributed by atoms with Crippen molar-refractivity contribution in [1.29, 1.82) is 5.26 Å². The Morgan fingerprint density at radius 3 is 2.38 bits per heavy atom. The number of nitrogens with one attached hydrogen (secondary N) is 1. The molecule has 4 nitrogen and oxygen atoms in total. The molecule has 92 valence electrons. The Morgan fingerprint density at radius 2 is 2.06 bits per heavy atom. The van der Waals surface area contributed by atoms with E-state index in [1.807, 2.05) is 20.8 Å². The summed E-state index contributed by atoms with van der Waals surface area (Å²) < 4.78 is 0. The highest BCUT2D eigenvalue weighted by molar-refractivity contribution is 5.85. The van der Waals surface area contributed by atoms with Crippen LogP contribution >= 0.6 is 12.4 Å². The predicted molar refractivity (Wildman–Crippen MR) is 65.0 cm³/mol. The molecular formula is C11H20ClN3O. The zero-order chi connectivity index (χ0) is 11.7. The highest BCUT2D eigenvalue weighted by atomic mass is 35.5. The molecule has 1 rings (SSSR count). The van der Waals surface area contributed by atoms with Crippen LogP contribution in [0.2, 0.25) is 0 Å². The third-order valence-corrected chi connectivity index (χ3v) is 2.50. The van der Waals surface area contributed by atoms with Crippen molar-refractivity contribution in [2.24, 2.45) is 11.1 Å². The number of hydrogen-bond acceptors (Lipinski definition) is 3. The molecule has 1 saturated carbocycles. The molecule has 3 N–H and O–H groups in total. The van der Waals surface area contributed by atoms with E-state index in [1.165, 1.54) is 0 Å². The first kappa shape index (κ1) is 15.2. The molecule has 0 spiro atoms. The highest BCUT2D eigenvalue weighted by Crippen LogP contribution is 2.34. The number of amides is 1. The Morgan fingerprint density at radius 1 is 1.56 bits per heavy atom. The van der Waals surface area contributed by atoms with Crippen LogP contribution in [0.4, 0.5) is 0 Å². The second-order valence-electron chi connectivity index (χ2n) is 5.55. The molecule has 5 heteroatoms. The molecular weight excluding hydrogens is 226 g/mol. The summed E-state index contributed by atoms with van der Waals surface area (Å²) >= 11 is 0. The monoisotopic (exact) mass is 245 g/mol. The van der Waals surface area contributed by atoms with E-state index in [0.717, 1.165) is 12.8 Å². The van der Waals surface area contributed by atoms with Gasteiger partial charge in [-0.1, -0.05) is 20.8 Å². The van der Waals surface area contributed by atoms with Crippen molar-refractivity contribution < 1.29 is 4.79 Å². The van der Waals surface area contributed by atoms with Crippen molar-refractivity contribution in [3.05, 3.63) is 0 Å². The number of hydrogen-bond donors (Lipinski definition) is 2. The second kappa shape index (κ2) is 5.03. The Bertz CT molecular complexity index is 299. The van der Waals surface area contributed by atoms with E-state index < -0.39 is 11.6 Å². The van der Waals surface area contributed by atoms with E-state index in [1.54, 1.807) is 0 Å². The van der Waals surface area contributed by atoms with Crippen molar-refractivity contribution in [3.63, 3.8) is 0 Å². The molecule has 1 amide bonds. The van der Waals surface area contributed by atoms with Gasteiger partial charge in [-0.3, -0.25) is 4.79 Å². The highest BCUT2D eigenvalue weighted by Gasteiger charge is 2.45. The van der Waals surface area contributed by atoms with Gasteiger partial charge in [-0.2, -0.15) is 5.26 Å². The van der Waals surface area contributed by atoms with E-state index in [4.69, 9.17) is 11.0 Å². The van der Waals surface area contributed by atoms with Crippen LogP contribution in [0.3, 0.4) is 0 Å². The lowest BCUT2D eigenvalue weighted by Crippen LogP contribution is -2.47. The molecule has 0 heterocycles. The van der Waals surface area contributed by atoms with Crippen molar-refractivity contribution in [2.45, 2.75) is 51.6 Å². The summed E-state index contributed by atoms with van der Waals surface area (Å²) in [5.74, 6) is -0.205. The minimum Gasteiger partial charge on any atom is -0.336 e. The van der Waals surface area contributed by atoms with Crippen molar-refractivity contribution >= 4 is 18.3 Å². The molecule has 1 fully saturated rings. The van der Waals surface area contributed by atoms with E-state index in [-0.39, 0.29) is 23.7 Å². The van der Waals surface area contributed by atoms with Gasteiger partial charge >= 0.3 is 0 Å². The van der Waals surface area contributed by atoms with Crippen LogP contribution < -0.4 is 11.1 Å². The quantitative estimate of drug-likeness (QED) is 0.788. The fourth-order valence-electron chi connectivity index (χ4n) is 1.47. The van der Waals surface area contributed by atoms with Crippen LogP contribution in [0.5, 0.6) is 0 Å². The van der Waals surface area contributed by atoms with Crippen molar-refractivity contribution in [3.8, 4) is 6.07 Å². The molecule has 0 aromatic carbocycles. The van der Waals surface area contributed by atoms with Gasteiger partial charge in [-0.15, -0.1) is 12.4 Å². The van der Waals surface area contributed by atoms with Gasteiger partial charge in [0.15, 0.2) is 0 Å². The van der Waals surface area contributed by atoms with Gasteiger partial charge in [0.25, 0.3) is 0 Å². The summed E-state index contributed by atoms with van der Waals surface area (Å²) in [5.41, 5.74) is 5.19. The maximum Gasteiger partial charge on any atom is 0.238 e. The third kappa shape index (κ3) is 4.38. The van der Waals surface area contributed by atoms with Crippen LogP contribution in [-0.2, 0) is 4.79 Å². The van der Waals surface area contributed by atoms with Gasteiger partial charge in [0.2, 0.25) is 5.91 Å². The molecule has 0 aliphatic heterocycles. The first-order chi connectivity index (χ1) is 6.78. The smallest absolute Gasteiger partial charge is 0.238 e. The van der Waals surface area contributed by atoms with E-state index >= 15 is 0 Å². The van der Waals surface area contributed by atoms with E-state index in [0.29, 0.717) is 6.42 Å². The number of rotatable bonds is 3. The van der Waals surface area contributed by atoms with E-state index in [2.05, 4.69) is 11.4 Å². The molecule has 0 aromatic heterocycles. The van der Waals surface area contributed by atoms with Crippen molar-refractivity contribution in [1.82, 2.24) is 5.32 Å². The topological polar surface area (TPSA) is 78.9 Å². The minimum absolute atomic E-state index is 0. The Labute approximate surface area is 103 Å². The largest absolute Gasteiger partial charge is 0.336 e. The number of nitriles is 1. The molecule has 1 atom stereocenters. The van der Waals surface area contributed by atoms with Crippen LogP contribution in [0, 0.1) is 16.7 Å². The summed E-state index contributed by atoms with van der Waals surface area (Å²) in [6, 6.07) is 1.60. The molecule has 0 bridgehead atoms. The third-order valence-electron chi connectivity index (χ3n) is 2.50. The average molecular weight is 246 g/mol. The first-order valence-corrected chi connectivity index (χ1v) is 5.27. The molecule has 1 aliphatic rings. The number of nitrogens with two attached hydrogens (primary N) is 1. The maximum atomic E-state index is 11.6. The van der Waals surface area contributed by atoms with E-state index in [9.17, 15) is 4.79 Å². The Balaban J connectivity index is 0.00000225. The molecule has 0 aromatic rings. The van der Waals surface area contributed by atoms with Gasteiger partial charge in [-0.25, -0.2) is 0 Å². The number of nitrogens with zero attached hydrogens (tertiary/aromatic N) is 1. The molecule has 0 unspecified atom stereocenters. The Kier molecular flexibility index (Phi) is 4.78. The maximum absolute atomic E-state index is 11.6. The van der Waals surface area contributed by atoms with Gasteiger partial charge in [0, 0.05) is 0 Å². The normalized spacial score (nSPS) is 18.9. The zero-order valence-corrected chi connectivity index (χ0v) is 10.9. The standard InChI is InChI=1S/C11H19N3O.ClH/c1-10(2,3)6-8(13)9(15)14-11(7-12)4-5-11;/h8H,4-6,13H2,1-3H3,(H,14,15);1H/t8-;/m0./s1. The van der Waals surface area contributed by atoms with Crippen LogP contribution in [0.25, 0.3) is 0 Å². The zero-order valence-electron chi connectivity index (χ0n) is 10.0. The van der Waals surface area contributed by atoms with Crippen molar-refractivity contribution in [2.75, 3.05) is 0 Å². The van der Waals surface area contributed by atoms with Gasteiger partial charge in [0.1, 0.15) is 5.54 Å². The van der Waals surface area contributed by atoms with Gasteiger partial charge in [-0.05, 0) is 24.7 Å². The van der Waals surface area contributed by atoms with Crippen LogP contribution in [0.15, 0.2) is 0 Å². The lowest BCUT2D eigenvalue weighted by atomic mass is 9.88. The van der Waals surface area contributed by atoms with Gasteiger partial charge < -0.3 is 11.1 Å². The summed E-state index contributed by atoms with van der Waals surface area (Å²) in [4.78, 5) is 11.6. The number of carbonyl (C=O) groups is 1. The lowest BCUT2D eigenvalue weighted by Gasteiger charge is -2.23. The summed E-state index contributed by atoms with van der Waals surface area (Å²) in [6.45, 7) is 6.12.